The van der Waals surface area contributed by atoms with E-state index in [0.29, 0.717) is 6.54 Å². The first-order valence-electron chi connectivity index (χ1n) is 8.48. The lowest BCUT2D eigenvalue weighted by atomic mass is 10.1. The maximum absolute atomic E-state index is 12.0. The monoisotopic (exact) mass is 349 g/mol. The van der Waals surface area contributed by atoms with Crippen molar-refractivity contribution < 1.29 is 9.53 Å². The zero-order valence-corrected chi connectivity index (χ0v) is 14.1. The fourth-order valence-corrected chi connectivity index (χ4v) is 2.91. The third-order valence-electron chi connectivity index (χ3n) is 4.24. The average molecular weight is 349 g/mol. The molecule has 0 saturated carbocycles. The smallest absolute Gasteiger partial charge is 0.239 e. The van der Waals surface area contributed by atoms with Crippen molar-refractivity contribution in [3.63, 3.8) is 0 Å². The first kappa shape index (κ1) is 16.1. The molecule has 2 heterocycles. The second kappa shape index (κ2) is 7.26. The largest absolute Gasteiger partial charge is 0.488 e. The SMILES string of the molecule is O=C(CNc1ccc(-n2cncn2)cc1)NC[C@H]1Cc2ccccc2O1. The lowest BCUT2D eigenvalue weighted by molar-refractivity contribution is -0.119. The van der Waals surface area contributed by atoms with Crippen LogP contribution in [-0.2, 0) is 11.2 Å². The summed E-state index contributed by atoms with van der Waals surface area (Å²) in [5.41, 5.74) is 2.97. The molecule has 0 radical (unpaired) electrons. The molecule has 0 bridgehead atoms. The third-order valence-corrected chi connectivity index (χ3v) is 4.24. The number of ether oxygens (including phenoxy) is 1. The number of amides is 1. The Balaban J connectivity index is 1.22. The third kappa shape index (κ3) is 3.66. The predicted octanol–water partition coefficient (Wildman–Crippen LogP) is 1.80. The molecule has 3 aromatic rings. The Labute approximate surface area is 151 Å². The van der Waals surface area contributed by atoms with Gasteiger partial charge in [0.05, 0.1) is 18.8 Å². The van der Waals surface area contributed by atoms with Crippen molar-refractivity contribution in [1.82, 2.24) is 20.1 Å². The minimum atomic E-state index is -0.0649. The van der Waals surface area contributed by atoms with Gasteiger partial charge in [0.2, 0.25) is 5.91 Å². The number of carbonyl (C=O) groups excluding carboxylic acids is 1. The highest BCUT2D eigenvalue weighted by Gasteiger charge is 2.22. The number of carbonyl (C=O) groups is 1. The van der Waals surface area contributed by atoms with Crippen LogP contribution in [0.1, 0.15) is 5.56 Å². The molecule has 2 aromatic carbocycles. The van der Waals surface area contributed by atoms with Gasteiger partial charge in [0.1, 0.15) is 24.5 Å². The Morgan fingerprint density at radius 2 is 2.04 bits per heavy atom. The number of nitrogens with one attached hydrogen (secondary N) is 2. The number of rotatable bonds is 6. The summed E-state index contributed by atoms with van der Waals surface area (Å²) in [4.78, 5) is 16.0. The summed E-state index contributed by atoms with van der Waals surface area (Å²) < 4.78 is 7.50. The van der Waals surface area contributed by atoms with Crippen LogP contribution in [0.3, 0.4) is 0 Å². The second-order valence-corrected chi connectivity index (χ2v) is 6.10. The molecule has 4 rings (SSSR count). The van der Waals surface area contributed by atoms with E-state index in [4.69, 9.17) is 4.74 Å². The molecule has 7 nitrogen and oxygen atoms in total. The van der Waals surface area contributed by atoms with Crippen molar-refractivity contribution in [1.29, 1.82) is 0 Å². The van der Waals surface area contributed by atoms with Gasteiger partial charge in [-0.25, -0.2) is 9.67 Å². The van der Waals surface area contributed by atoms with Gasteiger partial charge in [-0.3, -0.25) is 4.79 Å². The van der Waals surface area contributed by atoms with E-state index < -0.39 is 0 Å². The van der Waals surface area contributed by atoms with E-state index in [1.54, 1.807) is 11.0 Å². The van der Waals surface area contributed by atoms with Crippen LogP contribution in [-0.4, -0.2) is 39.9 Å². The molecular formula is C19H19N5O2. The molecule has 26 heavy (non-hydrogen) atoms. The quantitative estimate of drug-likeness (QED) is 0.709. The van der Waals surface area contributed by atoms with Gasteiger partial charge in [-0.15, -0.1) is 0 Å². The lowest BCUT2D eigenvalue weighted by Crippen LogP contribution is -2.37. The number of hydrogen-bond donors (Lipinski definition) is 2. The molecule has 132 valence electrons. The van der Waals surface area contributed by atoms with Gasteiger partial charge >= 0.3 is 0 Å². The van der Waals surface area contributed by atoms with E-state index in [0.717, 1.165) is 23.5 Å². The van der Waals surface area contributed by atoms with Gasteiger partial charge < -0.3 is 15.4 Å². The summed E-state index contributed by atoms with van der Waals surface area (Å²) in [6.45, 7) is 0.711. The van der Waals surface area contributed by atoms with E-state index in [1.165, 1.54) is 11.9 Å². The Bertz CT molecular complexity index is 852. The Kier molecular flexibility index (Phi) is 4.51. The van der Waals surface area contributed by atoms with E-state index in [2.05, 4.69) is 26.8 Å². The Morgan fingerprint density at radius 1 is 1.19 bits per heavy atom. The highest BCUT2D eigenvalue weighted by molar-refractivity contribution is 5.80. The van der Waals surface area contributed by atoms with Gasteiger partial charge in [-0.1, -0.05) is 18.2 Å². The van der Waals surface area contributed by atoms with Crippen LogP contribution in [0.2, 0.25) is 0 Å². The van der Waals surface area contributed by atoms with E-state index >= 15 is 0 Å². The standard InChI is InChI=1S/C19H19N5O2/c25-19(22-10-17-9-14-3-1-2-4-18(14)26-17)11-21-15-5-7-16(8-6-15)24-13-20-12-23-24/h1-8,12-13,17,21H,9-11H2,(H,22,25)/t17-/m1/s1. The normalized spacial score (nSPS) is 15.2. The molecule has 7 heteroatoms. The average Bonchev–Trinajstić information content (AvgIpc) is 3.34. The van der Waals surface area contributed by atoms with Crippen LogP contribution < -0.4 is 15.4 Å². The van der Waals surface area contributed by atoms with Gasteiger partial charge in [0.15, 0.2) is 0 Å². The van der Waals surface area contributed by atoms with E-state index in [-0.39, 0.29) is 18.6 Å². The molecular weight excluding hydrogens is 330 g/mol. The molecule has 0 aliphatic carbocycles. The van der Waals surface area contributed by atoms with Crippen molar-refractivity contribution in [3.8, 4) is 11.4 Å². The number of anilines is 1. The minimum Gasteiger partial charge on any atom is -0.488 e. The lowest BCUT2D eigenvalue weighted by Gasteiger charge is -2.13. The molecule has 0 saturated heterocycles. The Morgan fingerprint density at radius 3 is 2.81 bits per heavy atom. The van der Waals surface area contributed by atoms with Gasteiger partial charge in [-0.05, 0) is 35.9 Å². The van der Waals surface area contributed by atoms with Crippen molar-refractivity contribution in [2.45, 2.75) is 12.5 Å². The van der Waals surface area contributed by atoms with E-state index in [1.807, 2.05) is 42.5 Å². The van der Waals surface area contributed by atoms with E-state index in [9.17, 15) is 4.79 Å². The fourth-order valence-electron chi connectivity index (χ4n) is 2.91. The zero-order valence-electron chi connectivity index (χ0n) is 14.1. The van der Waals surface area contributed by atoms with Crippen molar-refractivity contribution >= 4 is 11.6 Å². The van der Waals surface area contributed by atoms with Gasteiger partial charge in [-0.2, -0.15) is 5.10 Å². The summed E-state index contributed by atoms with van der Waals surface area (Å²) >= 11 is 0. The molecule has 1 amide bonds. The molecule has 1 aliphatic rings. The summed E-state index contributed by atoms with van der Waals surface area (Å²) in [6.07, 6.45) is 3.95. The zero-order chi connectivity index (χ0) is 17.8. The van der Waals surface area contributed by atoms with Crippen molar-refractivity contribution in [2.24, 2.45) is 0 Å². The number of para-hydroxylation sites is 1. The van der Waals surface area contributed by atoms with Crippen LogP contribution in [0, 0.1) is 0 Å². The topological polar surface area (TPSA) is 81.1 Å². The minimum absolute atomic E-state index is 0.00156. The highest BCUT2D eigenvalue weighted by Crippen LogP contribution is 2.27. The van der Waals surface area contributed by atoms with Crippen LogP contribution in [0.4, 0.5) is 5.69 Å². The molecule has 1 atom stereocenters. The van der Waals surface area contributed by atoms with Crippen molar-refractivity contribution in [2.75, 3.05) is 18.4 Å². The fraction of sp³-hybridized carbons (Fsp3) is 0.211. The summed E-state index contributed by atoms with van der Waals surface area (Å²) in [5, 5.41) is 10.1. The van der Waals surface area contributed by atoms with Crippen LogP contribution in [0.15, 0.2) is 61.2 Å². The molecule has 0 unspecified atom stereocenters. The summed E-state index contributed by atoms with van der Waals surface area (Å²) in [6, 6.07) is 15.6. The summed E-state index contributed by atoms with van der Waals surface area (Å²) in [7, 11) is 0. The number of aromatic nitrogens is 3. The number of benzene rings is 2. The Hall–Kier alpha value is -3.35. The maximum Gasteiger partial charge on any atom is 0.239 e. The molecule has 1 aliphatic heterocycles. The van der Waals surface area contributed by atoms with Crippen LogP contribution in [0.25, 0.3) is 5.69 Å². The predicted molar refractivity (Wildman–Crippen MR) is 97.4 cm³/mol. The highest BCUT2D eigenvalue weighted by atomic mass is 16.5. The number of nitrogens with zero attached hydrogens (tertiary/aromatic N) is 3. The molecule has 0 fully saturated rings. The summed E-state index contributed by atoms with van der Waals surface area (Å²) in [5.74, 6) is 0.849. The van der Waals surface area contributed by atoms with Gasteiger partial charge in [0.25, 0.3) is 0 Å². The first-order chi connectivity index (χ1) is 12.8. The maximum atomic E-state index is 12.0. The first-order valence-corrected chi connectivity index (χ1v) is 8.48. The van der Waals surface area contributed by atoms with Crippen LogP contribution in [0.5, 0.6) is 5.75 Å². The van der Waals surface area contributed by atoms with Crippen molar-refractivity contribution in [3.05, 3.63) is 66.7 Å². The molecule has 2 N–H and O–H groups in total. The van der Waals surface area contributed by atoms with Gasteiger partial charge in [0, 0.05) is 12.1 Å². The second-order valence-electron chi connectivity index (χ2n) is 6.10. The molecule has 1 aromatic heterocycles. The molecule has 0 spiro atoms. The van der Waals surface area contributed by atoms with Crippen LogP contribution >= 0.6 is 0 Å². The number of fused-ring (bicyclic) bond motifs is 1. The number of hydrogen-bond acceptors (Lipinski definition) is 5.